The highest BCUT2D eigenvalue weighted by molar-refractivity contribution is 4.52. The van der Waals surface area contributed by atoms with Crippen LogP contribution < -0.4 is 10.6 Å². The van der Waals surface area contributed by atoms with Crippen LogP contribution in [0.4, 0.5) is 0 Å². The second-order valence-corrected chi connectivity index (χ2v) is 5.09. The zero-order chi connectivity index (χ0) is 14.0. The highest BCUT2D eigenvalue weighted by Gasteiger charge is 1.92. The van der Waals surface area contributed by atoms with Gasteiger partial charge in [-0.2, -0.15) is 0 Å². The van der Waals surface area contributed by atoms with Crippen molar-refractivity contribution < 1.29 is 4.74 Å². The normalized spacial score (nSPS) is 11.1. The van der Waals surface area contributed by atoms with E-state index in [4.69, 9.17) is 4.74 Å². The molecule has 0 amide bonds. The predicted molar refractivity (Wildman–Crippen MR) is 84.5 cm³/mol. The number of nitrogens with one attached hydrogen (secondary N) is 2. The van der Waals surface area contributed by atoms with Crippen molar-refractivity contribution in [3.05, 3.63) is 6.92 Å². The molecule has 0 aliphatic carbocycles. The molecule has 0 aromatic carbocycles. The summed E-state index contributed by atoms with van der Waals surface area (Å²) >= 11 is 0. The summed E-state index contributed by atoms with van der Waals surface area (Å²) in [6.07, 6.45) is 10.7. The number of hydrogen-bond donors (Lipinski definition) is 2. The van der Waals surface area contributed by atoms with Gasteiger partial charge in [0, 0.05) is 13.2 Å². The molecule has 2 N–H and O–H groups in total. The molecule has 0 heterocycles. The van der Waals surface area contributed by atoms with Crippen LogP contribution >= 0.6 is 0 Å². The fourth-order valence-corrected chi connectivity index (χ4v) is 2.01. The van der Waals surface area contributed by atoms with Gasteiger partial charge in [-0.05, 0) is 45.8 Å². The fraction of sp³-hybridized carbons (Fsp3) is 0.938. The SMILES string of the molecule is [CH2]COCCNCCCCCCCCNCCCC. The lowest BCUT2D eigenvalue weighted by atomic mass is 10.1. The molecule has 0 aliphatic heterocycles. The van der Waals surface area contributed by atoms with Crippen LogP contribution in [0.1, 0.15) is 58.3 Å². The first kappa shape index (κ1) is 18.9. The summed E-state index contributed by atoms with van der Waals surface area (Å²) in [7, 11) is 0. The second-order valence-electron chi connectivity index (χ2n) is 5.09. The van der Waals surface area contributed by atoms with Crippen molar-refractivity contribution in [3.8, 4) is 0 Å². The van der Waals surface area contributed by atoms with E-state index in [1.807, 2.05) is 0 Å². The van der Waals surface area contributed by atoms with Crippen molar-refractivity contribution in [2.75, 3.05) is 39.4 Å². The van der Waals surface area contributed by atoms with E-state index in [0.717, 1.165) is 19.7 Å². The Morgan fingerprint density at radius 3 is 1.84 bits per heavy atom. The van der Waals surface area contributed by atoms with E-state index in [-0.39, 0.29) is 0 Å². The van der Waals surface area contributed by atoms with Crippen LogP contribution in [0.3, 0.4) is 0 Å². The zero-order valence-corrected chi connectivity index (χ0v) is 13.0. The van der Waals surface area contributed by atoms with Crippen LogP contribution in [-0.4, -0.2) is 39.4 Å². The monoisotopic (exact) mass is 271 g/mol. The number of rotatable bonds is 16. The van der Waals surface area contributed by atoms with Crippen LogP contribution in [0.25, 0.3) is 0 Å². The highest BCUT2D eigenvalue weighted by Crippen LogP contribution is 2.04. The first-order valence-electron chi connectivity index (χ1n) is 8.20. The van der Waals surface area contributed by atoms with Gasteiger partial charge >= 0.3 is 0 Å². The maximum Gasteiger partial charge on any atom is 0.0590 e. The Kier molecular flexibility index (Phi) is 17.8. The third-order valence-electron chi connectivity index (χ3n) is 3.23. The molecule has 115 valence electrons. The van der Waals surface area contributed by atoms with Crippen LogP contribution in [0.15, 0.2) is 0 Å². The van der Waals surface area contributed by atoms with E-state index in [0.29, 0.717) is 6.61 Å². The topological polar surface area (TPSA) is 33.3 Å². The molecule has 0 spiro atoms. The van der Waals surface area contributed by atoms with Gasteiger partial charge in [-0.25, -0.2) is 0 Å². The molecule has 0 aromatic heterocycles. The van der Waals surface area contributed by atoms with Gasteiger partial charge < -0.3 is 15.4 Å². The van der Waals surface area contributed by atoms with Gasteiger partial charge in [0.05, 0.1) is 6.61 Å². The maximum absolute atomic E-state index is 5.16. The van der Waals surface area contributed by atoms with E-state index >= 15 is 0 Å². The smallest absolute Gasteiger partial charge is 0.0590 e. The highest BCUT2D eigenvalue weighted by atomic mass is 16.5. The van der Waals surface area contributed by atoms with Crippen molar-refractivity contribution in [1.29, 1.82) is 0 Å². The van der Waals surface area contributed by atoms with Gasteiger partial charge in [-0.3, -0.25) is 0 Å². The zero-order valence-electron chi connectivity index (χ0n) is 13.0. The third-order valence-corrected chi connectivity index (χ3v) is 3.23. The summed E-state index contributed by atoms with van der Waals surface area (Å²) in [6.45, 7) is 11.7. The molecule has 3 nitrogen and oxygen atoms in total. The second kappa shape index (κ2) is 17.9. The molecule has 0 fully saturated rings. The lowest BCUT2D eigenvalue weighted by Gasteiger charge is -2.05. The van der Waals surface area contributed by atoms with E-state index in [9.17, 15) is 0 Å². The van der Waals surface area contributed by atoms with E-state index in [1.54, 1.807) is 0 Å². The Morgan fingerprint density at radius 1 is 0.737 bits per heavy atom. The first-order chi connectivity index (χ1) is 9.41. The summed E-state index contributed by atoms with van der Waals surface area (Å²) in [5.74, 6) is 0. The molecular weight excluding hydrogens is 236 g/mol. The molecule has 0 bridgehead atoms. The Balaban J connectivity index is 2.88. The van der Waals surface area contributed by atoms with Crippen molar-refractivity contribution in [1.82, 2.24) is 10.6 Å². The molecular formula is C16H35N2O. The molecule has 0 rings (SSSR count). The molecule has 19 heavy (non-hydrogen) atoms. The predicted octanol–water partition coefficient (Wildman–Crippen LogP) is 3.16. The van der Waals surface area contributed by atoms with E-state index < -0.39 is 0 Å². The average molecular weight is 271 g/mol. The molecule has 0 saturated heterocycles. The van der Waals surface area contributed by atoms with Crippen LogP contribution in [-0.2, 0) is 4.74 Å². The molecule has 0 aromatic rings. The molecule has 0 aliphatic rings. The molecule has 1 radical (unpaired) electrons. The standard InChI is InChI=1S/C16H35N2O/c1-3-5-12-17-13-10-8-6-7-9-11-14-18-15-16-19-4-2/h17-18H,2-16H2,1H3. The van der Waals surface area contributed by atoms with Gasteiger partial charge in [-0.1, -0.05) is 39.0 Å². The maximum atomic E-state index is 5.16. The summed E-state index contributed by atoms with van der Waals surface area (Å²) in [5.41, 5.74) is 0. The lowest BCUT2D eigenvalue weighted by molar-refractivity contribution is 0.162. The first-order valence-corrected chi connectivity index (χ1v) is 8.20. The summed E-state index contributed by atoms with van der Waals surface area (Å²) < 4.78 is 5.16. The van der Waals surface area contributed by atoms with Gasteiger partial charge in [0.15, 0.2) is 0 Å². The minimum atomic E-state index is 0.578. The molecule has 3 heteroatoms. The summed E-state index contributed by atoms with van der Waals surface area (Å²) in [4.78, 5) is 0. The Bertz CT molecular complexity index is 138. The molecule has 0 atom stereocenters. The van der Waals surface area contributed by atoms with Gasteiger partial charge in [-0.15, -0.1) is 0 Å². The minimum Gasteiger partial charge on any atom is -0.380 e. The van der Waals surface area contributed by atoms with Crippen molar-refractivity contribution in [2.24, 2.45) is 0 Å². The fourth-order valence-electron chi connectivity index (χ4n) is 2.01. The summed E-state index contributed by atoms with van der Waals surface area (Å²) in [5, 5.41) is 6.88. The summed E-state index contributed by atoms with van der Waals surface area (Å²) in [6, 6.07) is 0. The molecule has 0 unspecified atom stereocenters. The van der Waals surface area contributed by atoms with E-state index in [2.05, 4.69) is 24.5 Å². The minimum absolute atomic E-state index is 0.578. The van der Waals surface area contributed by atoms with E-state index in [1.165, 1.54) is 64.5 Å². The van der Waals surface area contributed by atoms with Crippen LogP contribution in [0.2, 0.25) is 0 Å². The van der Waals surface area contributed by atoms with Crippen LogP contribution in [0.5, 0.6) is 0 Å². The van der Waals surface area contributed by atoms with Gasteiger partial charge in [0.2, 0.25) is 0 Å². The largest absolute Gasteiger partial charge is 0.380 e. The Labute approximate surface area is 120 Å². The number of hydrogen-bond acceptors (Lipinski definition) is 3. The van der Waals surface area contributed by atoms with Crippen molar-refractivity contribution in [3.63, 3.8) is 0 Å². The number of unbranched alkanes of at least 4 members (excludes halogenated alkanes) is 6. The average Bonchev–Trinajstić information content (AvgIpc) is 2.43. The Morgan fingerprint density at radius 2 is 1.26 bits per heavy atom. The Hall–Kier alpha value is -0.120. The van der Waals surface area contributed by atoms with Gasteiger partial charge in [0.25, 0.3) is 0 Å². The van der Waals surface area contributed by atoms with Crippen molar-refractivity contribution in [2.45, 2.75) is 58.3 Å². The third kappa shape index (κ3) is 17.9. The van der Waals surface area contributed by atoms with Gasteiger partial charge in [0.1, 0.15) is 0 Å². The lowest BCUT2D eigenvalue weighted by Crippen LogP contribution is -2.20. The van der Waals surface area contributed by atoms with Crippen molar-refractivity contribution >= 4 is 0 Å². The van der Waals surface area contributed by atoms with Crippen LogP contribution in [0, 0.1) is 6.92 Å². The quantitative estimate of drug-likeness (QED) is 0.423. The number of ether oxygens (including phenoxy) is 1. The molecule has 0 saturated carbocycles.